The van der Waals surface area contributed by atoms with Crippen LogP contribution in [0.25, 0.3) is 0 Å². The molecule has 0 spiro atoms. The normalized spacial score (nSPS) is 39.0. The van der Waals surface area contributed by atoms with Gasteiger partial charge in [-0.2, -0.15) is 0 Å². The summed E-state index contributed by atoms with van der Waals surface area (Å²) in [6, 6.07) is 0. The van der Waals surface area contributed by atoms with Gasteiger partial charge in [-0.15, -0.1) is 0 Å². The fourth-order valence-electron chi connectivity index (χ4n) is 6.66. The highest BCUT2D eigenvalue weighted by molar-refractivity contribution is 5.83. The predicted octanol–water partition coefficient (Wildman–Crippen LogP) is 3.36. The number of hydrogen-bond donors (Lipinski definition) is 1. The monoisotopic (exact) mass is 346 g/mol. The van der Waals surface area contributed by atoms with Crippen LogP contribution in [0, 0.1) is 30.6 Å². The minimum atomic E-state index is -0.630. The van der Waals surface area contributed by atoms with Gasteiger partial charge in [0.1, 0.15) is 5.76 Å². The summed E-state index contributed by atoms with van der Waals surface area (Å²) < 4.78 is 5.25. The van der Waals surface area contributed by atoms with Crippen LogP contribution in [0.3, 0.4) is 0 Å². The molecular formula is C20H30N2O3. The van der Waals surface area contributed by atoms with Crippen molar-refractivity contribution in [1.29, 1.82) is 0 Å². The SMILES string of the molecule is CCC12CC3CC(O)(C1)CC(C(=O)N(C)Cc1c(C)noc1C)(C3)C2. The first kappa shape index (κ1) is 17.1. The van der Waals surface area contributed by atoms with Crippen molar-refractivity contribution in [2.24, 2.45) is 16.7 Å². The van der Waals surface area contributed by atoms with Crippen molar-refractivity contribution in [3.8, 4) is 0 Å². The van der Waals surface area contributed by atoms with Gasteiger partial charge in [-0.1, -0.05) is 18.5 Å². The minimum Gasteiger partial charge on any atom is -0.390 e. The zero-order chi connectivity index (χ0) is 18.0. The summed E-state index contributed by atoms with van der Waals surface area (Å²) in [5.74, 6) is 1.48. The number of rotatable bonds is 4. The summed E-state index contributed by atoms with van der Waals surface area (Å²) in [7, 11) is 1.88. The second-order valence-corrected chi connectivity index (χ2v) is 9.33. The second-order valence-electron chi connectivity index (χ2n) is 9.33. The lowest BCUT2D eigenvalue weighted by Crippen LogP contribution is -2.63. The Labute approximate surface area is 149 Å². The Morgan fingerprint density at radius 2 is 2.04 bits per heavy atom. The lowest BCUT2D eigenvalue weighted by molar-refractivity contribution is -0.209. The molecule has 5 nitrogen and oxygen atoms in total. The summed E-state index contributed by atoms with van der Waals surface area (Å²) in [5.41, 5.74) is 1.01. The Balaban J connectivity index is 1.61. The minimum absolute atomic E-state index is 0.160. The number of carbonyl (C=O) groups is 1. The zero-order valence-corrected chi connectivity index (χ0v) is 15.9. The van der Waals surface area contributed by atoms with Gasteiger partial charge in [-0.25, -0.2) is 0 Å². The molecule has 1 aromatic heterocycles. The van der Waals surface area contributed by atoms with Crippen molar-refractivity contribution < 1.29 is 14.4 Å². The van der Waals surface area contributed by atoms with Crippen LogP contribution < -0.4 is 0 Å². The molecular weight excluding hydrogens is 316 g/mol. The molecule has 0 saturated heterocycles. The third-order valence-corrected chi connectivity index (χ3v) is 7.28. The molecule has 0 aromatic carbocycles. The molecule has 4 aliphatic rings. The number of aliphatic hydroxyl groups is 1. The number of aromatic nitrogens is 1. The molecule has 138 valence electrons. The second kappa shape index (κ2) is 5.32. The molecule has 5 heteroatoms. The number of nitrogens with zero attached hydrogens (tertiary/aromatic N) is 2. The van der Waals surface area contributed by atoms with Crippen molar-refractivity contribution in [2.75, 3.05) is 7.05 Å². The molecule has 1 heterocycles. The standard InChI is InChI=1S/C20H30N2O3/c1-5-18-6-15-7-19(10-18,12-20(24,8-15)11-18)17(23)22(4)9-16-13(2)21-25-14(16)3/h15,24H,5-12H2,1-4H3. The molecule has 0 aliphatic heterocycles. The fraction of sp³-hybridized carbons (Fsp3) is 0.800. The highest BCUT2D eigenvalue weighted by atomic mass is 16.5. The van der Waals surface area contributed by atoms with Crippen molar-refractivity contribution in [1.82, 2.24) is 10.1 Å². The van der Waals surface area contributed by atoms with Gasteiger partial charge in [0, 0.05) is 12.6 Å². The van der Waals surface area contributed by atoms with Crippen molar-refractivity contribution in [2.45, 2.75) is 77.9 Å². The van der Waals surface area contributed by atoms with Gasteiger partial charge in [-0.05, 0) is 63.7 Å². The van der Waals surface area contributed by atoms with E-state index in [1.165, 1.54) is 6.42 Å². The third-order valence-electron chi connectivity index (χ3n) is 7.28. The summed E-state index contributed by atoms with van der Waals surface area (Å²) in [6.45, 7) is 6.57. The Bertz CT molecular complexity index is 694. The van der Waals surface area contributed by atoms with Gasteiger partial charge in [0.15, 0.2) is 0 Å². The summed E-state index contributed by atoms with van der Waals surface area (Å²) in [6.07, 6.45) is 6.56. The number of aryl methyl sites for hydroxylation is 2. The molecule has 4 unspecified atom stereocenters. The van der Waals surface area contributed by atoms with E-state index in [-0.39, 0.29) is 16.7 Å². The van der Waals surface area contributed by atoms with Gasteiger partial charge in [-0.3, -0.25) is 4.79 Å². The molecule has 4 saturated carbocycles. The van der Waals surface area contributed by atoms with E-state index in [0.717, 1.165) is 49.1 Å². The van der Waals surface area contributed by atoms with Crippen molar-refractivity contribution in [3.05, 3.63) is 17.0 Å². The average Bonchev–Trinajstić information content (AvgIpc) is 2.83. The molecule has 1 N–H and O–H groups in total. The van der Waals surface area contributed by atoms with E-state index in [9.17, 15) is 9.90 Å². The molecule has 4 bridgehead atoms. The third kappa shape index (κ3) is 2.54. The predicted molar refractivity (Wildman–Crippen MR) is 93.7 cm³/mol. The van der Waals surface area contributed by atoms with E-state index in [4.69, 9.17) is 4.52 Å². The summed E-state index contributed by atoms with van der Waals surface area (Å²) >= 11 is 0. The van der Waals surface area contributed by atoms with Crippen LogP contribution in [-0.4, -0.2) is 33.7 Å². The highest BCUT2D eigenvalue weighted by Crippen LogP contribution is 2.67. The molecule has 5 rings (SSSR count). The van der Waals surface area contributed by atoms with Gasteiger partial charge < -0.3 is 14.5 Å². The zero-order valence-electron chi connectivity index (χ0n) is 15.9. The van der Waals surface area contributed by atoms with Crippen molar-refractivity contribution >= 4 is 5.91 Å². The smallest absolute Gasteiger partial charge is 0.228 e. The molecule has 0 radical (unpaired) electrons. The van der Waals surface area contributed by atoms with E-state index in [1.807, 2.05) is 25.8 Å². The fourth-order valence-corrected chi connectivity index (χ4v) is 6.66. The van der Waals surface area contributed by atoms with Gasteiger partial charge in [0.05, 0.1) is 23.3 Å². The van der Waals surface area contributed by atoms with E-state index >= 15 is 0 Å². The maximum absolute atomic E-state index is 13.5. The lowest BCUT2D eigenvalue weighted by atomic mass is 9.42. The quantitative estimate of drug-likeness (QED) is 0.908. The molecule has 1 aromatic rings. The average molecular weight is 346 g/mol. The Morgan fingerprint density at radius 3 is 2.64 bits per heavy atom. The number of carbonyl (C=O) groups excluding carboxylic acids is 1. The first-order valence-corrected chi connectivity index (χ1v) is 9.60. The maximum Gasteiger partial charge on any atom is 0.228 e. The van der Waals surface area contributed by atoms with Crippen LogP contribution in [0.15, 0.2) is 4.52 Å². The maximum atomic E-state index is 13.5. The highest BCUT2D eigenvalue weighted by Gasteiger charge is 2.65. The van der Waals surface area contributed by atoms with Crippen LogP contribution in [0.1, 0.15) is 68.9 Å². The Kier molecular flexibility index (Phi) is 3.63. The van der Waals surface area contributed by atoms with E-state index < -0.39 is 5.60 Å². The van der Waals surface area contributed by atoms with Crippen molar-refractivity contribution in [3.63, 3.8) is 0 Å². The van der Waals surface area contributed by atoms with Crippen LogP contribution in [0.4, 0.5) is 0 Å². The first-order valence-electron chi connectivity index (χ1n) is 9.60. The van der Waals surface area contributed by atoms with Gasteiger partial charge in [0.2, 0.25) is 5.91 Å². The van der Waals surface area contributed by atoms with Crippen LogP contribution in [0.2, 0.25) is 0 Å². The molecule has 4 atom stereocenters. The summed E-state index contributed by atoms with van der Waals surface area (Å²) in [5, 5.41) is 15.1. The first-order chi connectivity index (χ1) is 11.7. The van der Waals surface area contributed by atoms with Crippen LogP contribution in [-0.2, 0) is 11.3 Å². The number of amides is 1. The van der Waals surface area contributed by atoms with Crippen LogP contribution in [0.5, 0.6) is 0 Å². The molecule has 25 heavy (non-hydrogen) atoms. The largest absolute Gasteiger partial charge is 0.390 e. The summed E-state index contributed by atoms with van der Waals surface area (Å²) in [4.78, 5) is 15.3. The molecule has 1 amide bonds. The van der Waals surface area contributed by atoms with E-state index in [0.29, 0.717) is 18.9 Å². The van der Waals surface area contributed by atoms with Crippen LogP contribution >= 0.6 is 0 Å². The molecule has 4 aliphatic carbocycles. The molecule has 4 fully saturated rings. The Morgan fingerprint density at radius 1 is 1.28 bits per heavy atom. The van der Waals surface area contributed by atoms with E-state index in [1.54, 1.807) is 0 Å². The topological polar surface area (TPSA) is 66.6 Å². The number of hydrogen-bond acceptors (Lipinski definition) is 4. The van der Waals surface area contributed by atoms with Gasteiger partial charge >= 0.3 is 0 Å². The van der Waals surface area contributed by atoms with E-state index in [2.05, 4.69) is 12.1 Å². The Hall–Kier alpha value is -1.36. The lowest BCUT2D eigenvalue weighted by Gasteiger charge is -2.64. The van der Waals surface area contributed by atoms with Gasteiger partial charge in [0.25, 0.3) is 0 Å².